The van der Waals surface area contributed by atoms with Crippen LogP contribution in [0.15, 0.2) is 18.2 Å². The van der Waals surface area contributed by atoms with Gasteiger partial charge in [-0.1, -0.05) is 0 Å². The molecular formula is C12H15NO5. The van der Waals surface area contributed by atoms with Gasteiger partial charge in [-0.2, -0.15) is 0 Å². The van der Waals surface area contributed by atoms with Crippen molar-refractivity contribution in [2.24, 2.45) is 0 Å². The highest BCUT2D eigenvalue weighted by Gasteiger charge is 2.18. The van der Waals surface area contributed by atoms with Crippen molar-refractivity contribution in [2.75, 3.05) is 6.61 Å². The molecule has 98 valence electrons. The van der Waals surface area contributed by atoms with Crippen molar-refractivity contribution in [3.8, 4) is 0 Å². The lowest BCUT2D eigenvalue weighted by atomic mass is 10.0. The quantitative estimate of drug-likeness (QED) is 0.490. The number of nitro groups is 1. The lowest BCUT2D eigenvalue weighted by Crippen LogP contribution is -2.10. The molecule has 0 amide bonds. The molecule has 0 spiro atoms. The van der Waals surface area contributed by atoms with E-state index in [1.54, 1.807) is 6.92 Å². The van der Waals surface area contributed by atoms with Crippen molar-refractivity contribution in [2.45, 2.75) is 26.4 Å². The van der Waals surface area contributed by atoms with E-state index in [0.29, 0.717) is 5.56 Å². The average Bonchev–Trinajstić information content (AvgIpc) is 2.28. The summed E-state index contributed by atoms with van der Waals surface area (Å²) in [5.41, 5.74) is 0.461. The molecule has 1 rings (SSSR count). The smallest absolute Gasteiger partial charge is 0.338 e. The zero-order chi connectivity index (χ0) is 13.7. The zero-order valence-corrected chi connectivity index (χ0v) is 10.3. The Morgan fingerprint density at radius 2 is 2.22 bits per heavy atom. The Balaban J connectivity index is 3.12. The number of benzene rings is 1. The molecule has 0 saturated carbocycles. The normalized spacial score (nSPS) is 11.9. The molecule has 0 aliphatic heterocycles. The van der Waals surface area contributed by atoms with Gasteiger partial charge in [0.2, 0.25) is 0 Å². The Bertz CT molecular complexity index is 456. The number of hydrogen-bond acceptors (Lipinski definition) is 5. The van der Waals surface area contributed by atoms with Crippen molar-refractivity contribution in [3.63, 3.8) is 0 Å². The summed E-state index contributed by atoms with van der Waals surface area (Å²) in [6, 6.07) is 3.99. The molecule has 0 bridgehead atoms. The van der Waals surface area contributed by atoms with Gasteiger partial charge >= 0.3 is 5.97 Å². The van der Waals surface area contributed by atoms with E-state index in [4.69, 9.17) is 4.74 Å². The maximum absolute atomic E-state index is 11.5. The van der Waals surface area contributed by atoms with Crippen LogP contribution >= 0.6 is 0 Å². The second-order valence-corrected chi connectivity index (χ2v) is 3.87. The van der Waals surface area contributed by atoms with E-state index in [-0.39, 0.29) is 24.3 Å². The summed E-state index contributed by atoms with van der Waals surface area (Å²) >= 11 is 0. The Hall–Kier alpha value is -1.95. The van der Waals surface area contributed by atoms with Gasteiger partial charge in [0.05, 0.1) is 23.2 Å². The second-order valence-electron chi connectivity index (χ2n) is 3.87. The predicted octanol–water partition coefficient (Wildman–Crippen LogP) is 1.69. The van der Waals surface area contributed by atoms with Crippen LogP contribution in [-0.2, 0) is 11.2 Å². The number of aliphatic hydroxyl groups excluding tert-OH is 1. The zero-order valence-electron chi connectivity index (χ0n) is 10.3. The molecule has 0 aromatic heterocycles. The van der Waals surface area contributed by atoms with Crippen molar-refractivity contribution in [1.82, 2.24) is 0 Å². The van der Waals surface area contributed by atoms with Gasteiger partial charge in [-0.05, 0) is 26.0 Å². The van der Waals surface area contributed by atoms with Crippen LogP contribution in [0.2, 0.25) is 0 Å². The number of carbonyl (C=O) groups is 1. The monoisotopic (exact) mass is 253 g/mol. The third-order valence-electron chi connectivity index (χ3n) is 2.30. The number of nitrogens with zero attached hydrogens (tertiary/aromatic N) is 1. The fourth-order valence-corrected chi connectivity index (χ4v) is 1.59. The van der Waals surface area contributed by atoms with Gasteiger partial charge in [-0.3, -0.25) is 10.1 Å². The van der Waals surface area contributed by atoms with E-state index in [2.05, 4.69) is 0 Å². The lowest BCUT2D eigenvalue weighted by molar-refractivity contribution is -0.385. The van der Waals surface area contributed by atoms with Crippen LogP contribution in [0, 0.1) is 10.1 Å². The van der Waals surface area contributed by atoms with E-state index in [1.165, 1.54) is 25.1 Å². The molecule has 0 saturated heterocycles. The summed E-state index contributed by atoms with van der Waals surface area (Å²) in [7, 11) is 0. The summed E-state index contributed by atoms with van der Waals surface area (Å²) in [5, 5.41) is 20.1. The first-order valence-corrected chi connectivity index (χ1v) is 5.58. The van der Waals surface area contributed by atoms with E-state index in [9.17, 15) is 20.0 Å². The van der Waals surface area contributed by atoms with Crippen molar-refractivity contribution in [1.29, 1.82) is 0 Å². The summed E-state index contributed by atoms with van der Waals surface area (Å²) in [5.74, 6) is -0.528. The molecule has 0 fully saturated rings. The summed E-state index contributed by atoms with van der Waals surface area (Å²) in [4.78, 5) is 21.8. The maximum Gasteiger partial charge on any atom is 0.338 e. The van der Waals surface area contributed by atoms with Gasteiger partial charge < -0.3 is 9.84 Å². The van der Waals surface area contributed by atoms with Gasteiger partial charge in [0, 0.05) is 18.1 Å². The first-order chi connectivity index (χ1) is 8.45. The average molecular weight is 253 g/mol. The molecule has 6 heteroatoms. The van der Waals surface area contributed by atoms with Crippen LogP contribution in [0.25, 0.3) is 0 Å². The number of aliphatic hydroxyl groups is 1. The van der Waals surface area contributed by atoms with Gasteiger partial charge in [0.15, 0.2) is 0 Å². The standard InChI is InChI=1S/C12H15NO5/c1-3-18-12(15)9-4-5-11(13(16)17)10(7-9)6-8(2)14/h4-5,7-8,14H,3,6H2,1-2H3. The Morgan fingerprint density at radius 1 is 1.56 bits per heavy atom. The van der Waals surface area contributed by atoms with Crippen molar-refractivity contribution >= 4 is 11.7 Å². The Morgan fingerprint density at radius 3 is 2.72 bits per heavy atom. The molecular weight excluding hydrogens is 238 g/mol. The highest BCUT2D eigenvalue weighted by molar-refractivity contribution is 5.90. The number of hydrogen-bond donors (Lipinski definition) is 1. The summed E-state index contributed by atoms with van der Waals surface area (Å²) in [6.07, 6.45) is -0.607. The minimum atomic E-state index is -0.721. The van der Waals surface area contributed by atoms with Gasteiger partial charge in [0.1, 0.15) is 0 Å². The number of ether oxygens (including phenoxy) is 1. The fraction of sp³-hybridized carbons (Fsp3) is 0.417. The lowest BCUT2D eigenvalue weighted by Gasteiger charge is -2.07. The highest BCUT2D eigenvalue weighted by Crippen LogP contribution is 2.22. The van der Waals surface area contributed by atoms with Crippen LogP contribution in [-0.4, -0.2) is 28.7 Å². The molecule has 18 heavy (non-hydrogen) atoms. The van der Waals surface area contributed by atoms with E-state index in [1.807, 2.05) is 0 Å². The second kappa shape index (κ2) is 6.11. The maximum atomic E-state index is 11.5. The molecule has 1 aromatic rings. The van der Waals surface area contributed by atoms with Gasteiger partial charge in [-0.25, -0.2) is 4.79 Å². The number of carbonyl (C=O) groups excluding carboxylic acids is 1. The number of esters is 1. The number of rotatable bonds is 5. The predicted molar refractivity (Wildman–Crippen MR) is 64.4 cm³/mol. The molecule has 0 aliphatic carbocycles. The van der Waals surface area contributed by atoms with E-state index in [0.717, 1.165) is 0 Å². The SMILES string of the molecule is CCOC(=O)c1ccc([N+](=O)[O-])c(CC(C)O)c1. The highest BCUT2D eigenvalue weighted by atomic mass is 16.6. The largest absolute Gasteiger partial charge is 0.462 e. The van der Waals surface area contributed by atoms with Crippen LogP contribution < -0.4 is 0 Å². The van der Waals surface area contributed by atoms with Crippen molar-refractivity contribution in [3.05, 3.63) is 39.4 Å². The third-order valence-corrected chi connectivity index (χ3v) is 2.30. The number of nitro benzene ring substituents is 1. The molecule has 1 aromatic carbocycles. The molecule has 6 nitrogen and oxygen atoms in total. The topological polar surface area (TPSA) is 89.7 Å². The minimum absolute atomic E-state index is 0.107. The van der Waals surface area contributed by atoms with Gasteiger partial charge in [-0.15, -0.1) is 0 Å². The van der Waals surface area contributed by atoms with E-state index < -0.39 is 17.0 Å². The summed E-state index contributed by atoms with van der Waals surface area (Å²) < 4.78 is 4.82. The summed E-state index contributed by atoms with van der Waals surface area (Å²) in [6.45, 7) is 3.45. The molecule has 0 heterocycles. The third kappa shape index (κ3) is 3.53. The molecule has 0 aliphatic rings. The van der Waals surface area contributed by atoms with E-state index >= 15 is 0 Å². The first-order valence-electron chi connectivity index (χ1n) is 5.58. The van der Waals surface area contributed by atoms with Crippen LogP contribution in [0.5, 0.6) is 0 Å². The Labute approximate surface area is 104 Å². The molecule has 1 atom stereocenters. The first kappa shape index (κ1) is 14.1. The van der Waals surface area contributed by atoms with Crippen molar-refractivity contribution < 1.29 is 19.6 Å². The minimum Gasteiger partial charge on any atom is -0.462 e. The Kier molecular flexibility index (Phi) is 4.79. The van der Waals surface area contributed by atoms with Crippen LogP contribution in [0.1, 0.15) is 29.8 Å². The molecule has 1 unspecified atom stereocenters. The van der Waals surface area contributed by atoms with Gasteiger partial charge in [0.25, 0.3) is 5.69 Å². The van der Waals surface area contributed by atoms with Crippen LogP contribution in [0.4, 0.5) is 5.69 Å². The molecule has 0 radical (unpaired) electrons. The molecule has 1 N–H and O–H groups in total. The van der Waals surface area contributed by atoms with Crippen LogP contribution in [0.3, 0.4) is 0 Å². The fourth-order valence-electron chi connectivity index (χ4n) is 1.59.